The molecule has 0 radical (unpaired) electrons. The molecule has 0 unspecified atom stereocenters. The third kappa shape index (κ3) is 4.62. The number of nitrogens with one attached hydrogen (secondary N) is 1. The molecule has 0 aromatic carbocycles. The van der Waals surface area contributed by atoms with Crippen LogP contribution in [0, 0.1) is 0 Å². The fraction of sp³-hybridized carbons (Fsp3) is 0.529. The number of likely N-dealkylation sites (tertiary alicyclic amines) is 1. The van der Waals surface area contributed by atoms with Crippen molar-refractivity contribution in [1.82, 2.24) is 15.2 Å². The summed E-state index contributed by atoms with van der Waals surface area (Å²) in [5.41, 5.74) is 0.874. The van der Waals surface area contributed by atoms with E-state index in [-0.39, 0.29) is 5.91 Å². The summed E-state index contributed by atoms with van der Waals surface area (Å²) in [5, 5.41) is 8.23. The van der Waals surface area contributed by atoms with Crippen molar-refractivity contribution in [1.29, 1.82) is 0 Å². The van der Waals surface area contributed by atoms with E-state index >= 15 is 0 Å². The van der Waals surface area contributed by atoms with Crippen molar-refractivity contribution in [2.75, 3.05) is 19.6 Å². The summed E-state index contributed by atoms with van der Waals surface area (Å²) < 4.78 is 0. The molecule has 2 aromatic heterocycles. The zero-order valence-electron chi connectivity index (χ0n) is 13.5. The van der Waals surface area contributed by atoms with Crippen LogP contribution >= 0.6 is 22.7 Å². The molecule has 3 rings (SSSR count). The Morgan fingerprint density at radius 3 is 2.91 bits per heavy atom. The van der Waals surface area contributed by atoms with E-state index in [0.29, 0.717) is 12.5 Å². The molecule has 124 valence electrons. The van der Waals surface area contributed by atoms with Gasteiger partial charge < -0.3 is 10.2 Å². The number of carbonyl (C=O) groups is 1. The molecular formula is C17H23N3OS2. The lowest BCUT2D eigenvalue weighted by Gasteiger charge is -2.32. The van der Waals surface area contributed by atoms with Crippen LogP contribution in [0.5, 0.6) is 0 Å². The van der Waals surface area contributed by atoms with E-state index in [1.165, 1.54) is 17.8 Å². The fourth-order valence-electron chi connectivity index (χ4n) is 2.96. The molecule has 1 aliphatic rings. The van der Waals surface area contributed by atoms with Crippen LogP contribution in [-0.2, 0) is 11.2 Å². The minimum Gasteiger partial charge on any atom is -0.353 e. The molecular weight excluding hydrogens is 326 g/mol. The number of thiazole rings is 1. The van der Waals surface area contributed by atoms with Gasteiger partial charge in [-0.3, -0.25) is 4.79 Å². The summed E-state index contributed by atoms with van der Waals surface area (Å²) in [6, 6.07) is 4.42. The van der Waals surface area contributed by atoms with Crippen molar-refractivity contribution in [2.45, 2.75) is 38.6 Å². The molecule has 3 heterocycles. The first-order valence-electron chi connectivity index (χ1n) is 8.24. The molecule has 1 saturated heterocycles. The number of amides is 1. The van der Waals surface area contributed by atoms with Crippen molar-refractivity contribution in [2.24, 2.45) is 0 Å². The summed E-state index contributed by atoms with van der Waals surface area (Å²) in [4.78, 5) is 20.5. The van der Waals surface area contributed by atoms with Gasteiger partial charge in [-0.25, -0.2) is 4.98 Å². The third-order valence-electron chi connectivity index (χ3n) is 4.12. The maximum absolute atomic E-state index is 12.2. The van der Waals surface area contributed by atoms with E-state index < -0.39 is 0 Å². The predicted octanol–water partition coefficient (Wildman–Crippen LogP) is 3.40. The van der Waals surface area contributed by atoms with E-state index in [2.05, 4.69) is 28.2 Å². The average molecular weight is 350 g/mol. The van der Waals surface area contributed by atoms with Crippen molar-refractivity contribution in [3.63, 3.8) is 0 Å². The molecule has 4 nitrogen and oxygen atoms in total. The van der Waals surface area contributed by atoms with E-state index in [1.807, 2.05) is 16.8 Å². The topological polar surface area (TPSA) is 45.2 Å². The summed E-state index contributed by atoms with van der Waals surface area (Å²) in [7, 11) is 0. The highest BCUT2D eigenvalue weighted by Gasteiger charge is 2.20. The Balaban J connectivity index is 1.47. The van der Waals surface area contributed by atoms with Crippen LogP contribution < -0.4 is 5.32 Å². The quantitative estimate of drug-likeness (QED) is 0.869. The number of aromatic nitrogens is 1. The number of hydrogen-bond acceptors (Lipinski definition) is 5. The third-order valence-corrected chi connectivity index (χ3v) is 6.05. The second-order valence-electron chi connectivity index (χ2n) is 5.98. The van der Waals surface area contributed by atoms with Crippen molar-refractivity contribution in [3.05, 3.63) is 28.6 Å². The zero-order chi connectivity index (χ0) is 16.1. The molecule has 23 heavy (non-hydrogen) atoms. The van der Waals surface area contributed by atoms with E-state index in [1.54, 1.807) is 22.7 Å². The van der Waals surface area contributed by atoms with Crippen molar-refractivity contribution in [3.8, 4) is 9.88 Å². The number of carbonyl (C=O) groups excluding carboxylic acids is 1. The molecule has 1 amide bonds. The molecule has 2 aromatic rings. The number of piperidine rings is 1. The highest BCUT2D eigenvalue weighted by atomic mass is 32.1. The van der Waals surface area contributed by atoms with Gasteiger partial charge in [-0.15, -0.1) is 22.7 Å². The lowest BCUT2D eigenvalue weighted by molar-refractivity contribution is -0.121. The first kappa shape index (κ1) is 16.6. The SMILES string of the molecule is CCCN1CCC(NC(=O)Cc2csc(-c3cccs3)n2)CC1. The Bertz CT molecular complexity index is 616. The van der Waals surface area contributed by atoms with Crippen LogP contribution in [0.2, 0.25) is 0 Å². The fourth-order valence-corrected chi connectivity index (χ4v) is 4.60. The Labute approximate surface area is 145 Å². The molecule has 1 fully saturated rings. The molecule has 0 saturated carbocycles. The summed E-state index contributed by atoms with van der Waals surface area (Å²) in [6.45, 7) is 5.58. The van der Waals surface area contributed by atoms with Gasteiger partial charge in [0, 0.05) is 24.5 Å². The number of hydrogen-bond donors (Lipinski definition) is 1. The number of rotatable bonds is 6. The first-order valence-corrected chi connectivity index (χ1v) is 10.0. The normalized spacial score (nSPS) is 16.6. The smallest absolute Gasteiger partial charge is 0.226 e. The van der Waals surface area contributed by atoms with Gasteiger partial charge in [0.2, 0.25) is 5.91 Å². The van der Waals surface area contributed by atoms with Crippen LogP contribution in [0.4, 0.5) is 0 Å². The van der Waals surface area contributed by atoms with Gasteiger partial charge in [0.05, 0.1) is 17.0 Å². The first-order chi connectivity index (χ1) is 11.2. The maximum atomic E-state index is 12.2. The second-order valence-corrected chi connectivity index (χ2v) is 7.79. The van der Waals surface area contributed by atoms with Gasteiger partial charge in [-0.2, -0.15) is 0 Å². The highest BCUT2D eigenvalue weighted by molar-refractivity contribution is 7.20. The Morgan fingerprint density at radius 2 is 2.22 bits per heavy atom. The van der Waals surface area contributed by atoms with Crippen molar-refractivity contribution >= 4 is 28.6 Å². The molecule has 6 heteroatoms. The van der Waals surface area contributed by atoms with Gasteiger partial charge in [0.1, 0.15) is 5.01 Å². The molecule has 1 N–H and O–H groups in total. The van der Waals surface area contributed by atoms with Crippen LogP contribution in [0.25, 0.3) is 9.88 Å². The lowest BCUT2D eigenvalue weighted by Crippen LogP contribution is -2.45. The number of thiophene rings is 1. The van der Waals surface area contributed by atoms with Gasteiger partial charge in [0.15, 0.2) is 0 Å². The Kier molecular flexibility index (Phi) is 5.80. The lowest BCUT2D eigenvalue weighted by atomic mass is 10.0. The van der Waals surface area contributed by atoms with Gasteiger partial charge in [0.25, 0.3) is 0 Å². The number of nitrogens with zero attached hydrogens (tertiary/aromatic N) is 2. The van der Waals surface area contributed by atoms with Gasteiger partial charge >= 0.3 is 0 Å². The molecule has 0 bridgehead atoms. The van der Waals surface area contributed by atoms with E-state index in [0.717, 1.165) is 36.6 Å². The van der Waals surface area contributed by atoms with Gasteiger partial charge in [-0.1, -0.05) is 13.0 Å². The molecule has 0 spiro atoms. The van der Waals surface area contributed by atoms with Crippen LogP contribution in [0.3, 0.4) is 0 Å². The Morgan fingerprint density at radius 1 is 1.39 bits per heavy atom. The second kappa shape index (κ2) is 8.04. The molecule has 0 aliphatic carbocycles. The minimum absolute atomic E-state index is 0.0990. The molecule has 0 atom stereocenters. The predicted molar refractivity (Wildman–Crippen MR) is 97.0 cm³/mol. The highest BCUT2D eigenvalue weighted by Crippen LogP contribution is 2.27. The zero-order valence-corrected chi connectivity index (χ0v) is 15.1. The minimum atomic E-state index is 0.0990. The standard InChI is InChI=1S/C17H23N3OS2/c1-2-7-20-8-5-13(6-9-20)18-16(21)11-14-12-23-17(19-14)15-4-3-10-22-15/h3-4,10,12-13H,2,5-9,11H2,1H3,(H,18,21). The van der Waals surface area contributed by atoms with E-state index in [9.17, 15) is 4.79 Å². The largest absolute Gasteiger partial charge is 0.353 e. The van der Waals surface area contributed by atoms with Crippen LogP contribution in [0.15, 0.2) is 22.9 Å². The maximum Gasteiger partial charge on any atom is 0.226 e. The van der Waals surface area contributed by atoms with Crippen LogP contribution in [0.1, 0.15) is 31.9 Å². The monoisotopic (exact) mass is 349 g/mol. The van der Waals surface area contributed by atoms with E-state index in [4.69, 9.17) is 0 Å². The van der Waals surface area contributed by atoms with Crippen LogP contribution in [-0.4, -0.2) is 41.5 Å². The summed E-state index contributed by atoms with van der Waals surface area (Å²) >= 11 is 3.30. The van der Waals surface area contributed by atoms with Gasteiger partial charge in [-0.05, 0) is 37.3 Å². The average Bonchev–Trinajstić information content (AvgIpc) is 3.20. The van der Waals surface area contributed by atoms with Crippen molar-refractivity contribution < 1.29 is 4.79 Å². The summed E-state index contributed by atoms with van der Waals surface area (Å²) in [6.07, 6.45) is 3.71. The molecule has 1 aliphatic heterocycles. The Hall–Kier alpha value is -1.24. The summed E-state index contributed by atoms with van der Waals surface area (Å²) in [5.74, 6) is 0.0990.